The van der Waals surface area contributed by atoms with Gasteiger partial charge in [-0.25, -0.2) is 9.66 Å². The van der Waals surface area contributed by atoms with Gasteiger partial charge in [-0.2, -0.15) is 0 Å². The Balaban J connectivity index is 1.51. The first-order chi connectivity index (χ1) is 12.7. The van der Waals surface area contributed by atoms with Gasteiger partial charge in [0.05, 0.1) is 11.0 Å². The zero-order valence-electron chi connectivity index (χ0n) is 14.2. The minimum Gasteiger partial charge on any atom is -0.487 e. The van der Waals surface area contributed by atoms with Crippen molar-refractivity contribution in [2.75, 3.05) is 5.43 Å². The van der Waals surface area contributed by atoms with Crippen LogP contribution in [-0.2, 0) is 6.61 Å². The minimum atomic E-state index is -0.220. The summed E-state index contributed by atoms with van der Waals surface area (Å²) in [7, 11) is 0. The molecule has 1 N–H and O–H groups in total. The number of aromatic nitrogens is 2. The number of nitrogens with zero attached hydrogens (tertiary/aromatic N) is 2. The van der Waals surface area contributed by atoms with Crippen LogP contribution in [0.2, 0.25) is 0 Å². The Bertz CT molecular complexity index is 1070. The fraction of sp³-hybridized carbons (Fsp3) is 0.100. The average Bonchev–Trinajstić information content (AvgIpc) is 3.28. The molecule has 0 unspecified atom stereocenters. The lowest BCUT2D eigenvalue weighted by atomic mass is 10.1. The number of ether oxygens (including phenoxy) is 1. The van der Waals surface area contributed by atoms with E-state index >= 15 is 0 Å². The molecule has 130 valence electrons. The molecule has 0 saturated heterocycles. The predicted molar refractivity (Wildman–Crippen MR) is 103 cm³/mol. The summed E-state index contributed by atoms with van der Waals surface area (Å²) in [6.07, 6.45) is 1.60. The van der Waals surface area contributed by atoms with E-state index in [1.165, 1.54) is 16.9 Å². The van der Waals surface area contributed by atoms with Gasteiger partial charge < -0.3 is 4.74 Å². The van der Waals surface area contributed by atoms with Crippen LogP contribution in [0.25, 0.3) is 11.0 Å². The first-order valence-corrected chi connectivity index (χ1v) is 9.08. The molecular formula is C20H17N3O2S. The van der Waals surface area contributed by atoms with Crippen LogP contribution in [0, 0.1) is 6.92 Å². The summed E-state index contributed by atoms with van der Waals surface area (Å²) < 4.78 is 7.52. The van der Waals surface area contributed by atoms with E-state index in [-0.39, 0.29) is 5.91 Å². The molecule has 1 amide bonds. The zero-order valence-corrected chi connectivity index (χ0v) is 15.0. The molecule has 4 aromatic rings. The molecule has 2 heterocycles. The summed E-state index contributed by atoms with van der Waals surface area (Å²) in [4.78, 5) is 17.5. The highest BCUT2D eigenvalue weighted by molar-refractivity contribution is 7.12. The van der Waals surface area contributed by atoms with Crippen molar-refractivity contribution in [3.8, 4) is 5.75 Å². The summed E-state index contributed by atoms with van der Waals surface area (Å²) in [6, 6.07) is 17.5. The van der Waals surface area contributed by atoms with Crippen LogP contribution in [0.3, 0.4) is 0 Å². The van der Waals surface area contributed by atoms with Gasteiger partial charge in [-0.1, -0.05) is 36.4 Å². The number of carbonyl (C=O) groups excluding carboxylic acids is 1. The molecule has 0 saturated carbocycles. The Hall–Kier alpha value is -3.12. The van der Waals surface area contributed by atoms with Crippen LogP contribution in [0.1, 0.15) is 20.8 Å². The van der Waals surface area contributed by atoms with Gasteiger partial charge in [-0.15, -0.1) is 11.3 Å². The summed E-state index contributed by atoms with van der Waals surface area (Å²) in [6.45, 7) is 2.47. The largest absolute Gasteiger partial charge is 0.487 e. The second kappa shape index (κ2) is 7.01. The van der Waals surface area contributed by atoms with Gasteiger partial charge in [0.15, 0.2) is 0 Å². The molecule has 0 atom stereocenters. The van der Waals surface area contributed by atoms with E-state index in [0.29, 0.717) is 17.2 Å². The Morgan fingerprint density at radius 3 is 2.85 bits per heavy atom. The highest BCUT2D eigenvalue weighted by Crippen LogP contribution is 2.26. The van der Waals surface area contributed by atoms with Gasteiger partial charge in [0, 0.05) is 0 Å². The first kappa shape index (κ1) is 16.4. The van der Waals surface area contributed by atoms with Crippen LogP contribution in [0.4, 0.5) is 0 Å². The number of hydrogen-bond acceptors (Lipinski definition) is 4. The molecule has 0 aliphatic heterocycles. The number of amides is 1. The Kier molecular flexibility index (Phi) is 4.41. The molecule has 2 aromatic heterocycles. The molecule has 6 heteroatoms. The lowest BCUT2D eigenvalue weighted by Crippen LogP contribution is -2.21. The molecule has 4 rings (SSSR count). The van der Waals surface area contributed by atoms with Crippen molar-refractivity contribution in [2.24, 2.45) is 0 Å². The summed E-state index contributed by atoms with van der Waals surface area (Å²) in [5.41, 5.74) is 6.81. The number of nitrogens with one attached hydrogen (secondary N) is 1. The summed E-state index contributed by atoms with van der Waals surface area (Å²) in [5.74, 6) is 0.364. The maximum Gasteiger partial charge on any atom is 0.284 e. The topological polar surface area (TPSA) is 56.1 Å². The highest BCUT2D eigenvalue weighted by atomic mass is 32.1. The quantitative estimate of drug-likeness (QED) is 0.573. The lowest BCUT2D eigenvalue weighted by Gasteiger charge is -2.10. The Morgan fingerprint density at radius 2 is 1.96 bits per heavy atom. The third-order valence-corrected chi connectivity index (χ3v) is 5.05. The number of rotatable bonds is 5. The number of para-hydroxylation sites is 2. The summed E-state index contributed by atoms with van der Waals surface area (Å²) >= 11 is 1.35. The standard InChI is InChI=1S/C20H17N3O2S/c1-14-6-2-3-7-15(14)12-25-18-10-11-26-19(18)20(24)22-23-13-21-16-8-4-5-9-17(16)23/h2-11,13H,12H2,1H3,(H,22,24). The van der Waals surface area contributed by atoms with Gasteiger partial charge >= 0.3 is 0 Å². The number of imidazole rings is 1. The number of thiophene rings is 1. The fourth-order valence-electron chi connectivity index (χ4n) is 2.71. The van der Waals surface area contributed by atoms with Crippen molar-refractivity contribution < 1.29 is 9.53 Å². The Labute approximate surface area is 154 Å². The molecule has 0 radical (unpaired) electrons. The van der Waals surface area contributed by atoms with Crippen molar-refractivity contribution in [3.63, 3.8) is 0 Å². The molecule has 0 aliphatic carbocycles. The molecular weight excluding hydrogens is 346 g/mol. The average molecular weight is 363 g/mol. The van der Waals surface area contributed by atoms with Crippen LogP contribution in [0.5, 0.6) is 5.75 Å². The monoisotopic (exact) mass is 363 g/mol. The van der Waals surface area contributed by atoms with Gasteiger partial charge in [-0.3, -0.25) is 10.2 Å². The normalized spacial score (nSPS) is 10.8. The minimum absolute atomic E-state index is 0.220. The van der Waals surface area contributed by atoms with Crippen molar-refractivity contribution in [3.05, 3.63) is 82.3 Å². The SMILES string of the molecule is Cc1ccccc1COc1ccsc1C(=O)Nn1cnc2ccccc21. The van der Waals surface area contributed by atoms with Gasteiger partial charge in [0.1, 0.15) is 23.6 Å². The van der Waals surface area contributed by atoms with Crippen molar-refractivity contribution >= 4 is 28.3 Å². The van der Waals surface area contributed by atoms with Gasteiger partial charge in [-0.05, 0) is 41.6 Å². The fourth-order valence-corrected chi connectivity index (χ4v) is 3.44. The van der Waals surface area contributed by atoms with E-state index in [1.807, 2.05) is 66.9 Å². The van der Waals surface area contributed by atoms with Crippen LogP contribution < -0.4 is 10.2 Å². The maximum atomic E-state index is 12.7. The highest BCUT2D eigenvalue weighted by Gasteiger charge is 2.16. The Morgan fingerprint density at radius 1 is 1.15 bits per heavy atom. The number of carbonyl (C=O) groups is 1. The van der Waals surface area contributed by atoms with E-state index < -0.39 is 0 Å². The molecule has 0 fully saturated rings. The van der Waals surface area contributed by atoms with Crippen LogP contribution in [-0.4, -0.2) is 15.6 Å². The van der Waals surface area contributed by atoms with Crippen molar-refractivity contribution in [1.29, 1.82) is 0 Å². The molecule has 0 bridgehead atoms. The zero-order chi connectivity index (χ0) is 17.9. The van der Waals surface area contributed by atoms with Crippen LogP contribution in [0.15, 0.2) is 66.3 Å². The van der Waals surface area contributed by atoms with E-state index in [9.17, 15) is 4.79 Å². The smallest absolute Gasteiger partial charge is 0.284 e. The number of aryl methyl sites for hydroxylation is 1. The van der Waals surface area contributed by atoms with E-state index in [2.05, 4.69) is 10.4 Å². The molecule has 26 heavy (non-hydrogen) atoms. The second-order valence-electron chi connectivity index (χ2n) is 5.87. The lowest BCUT2D eigenvalue weighted by molar-refractivity contribution is 0.101. The molecule has 2 aromatic carbocycles. The molecule has 0 aliphatic rings. The molecule has 5 nitrogen and oxygen atoms in total. The van der Waals surface area contributed by atoms with Gasteiger partial charge in [0.2, 0.25) is 0 Å². The van der Waals surface area contributed by atoms with E-state index in [4.69, 9.17) is 4.74 Å². The second-order valence-corrected chi connectivity index (χ2v) is 6.79. The first-order valence-electron chi connectivity index (χ1n) is 8.20. The number of fused-ring (bicyclic) bond motifs is 1. The van der Waals surface area contributed by atoms with E-state index in [1.54, 1.807) is 11.0 Å². The number of benzene rings is 2. The van der Waals surface area contributed by atoms with Crippen molar-refractivity contribution in [1.82, 2.24) is 9.66 Å². The third kappa shape index (κ3) is 3.19. The van der Waals surface area contributed by atoms with Crippen LogP contribution >= 0.6 is 11.3 Å². The van der Waals surface area contributed by atoms with Crippen molar-refractivity contribution in [2.45, 2.75) is 13.5 Å². The maximum absolute atomic E-state index is 12.7. The van der Waals surface area contributed by atoms with E-state index in [0.717, 1.165) is 16.6 Å². The third-order valence-electron chi connectivity index (χ3n) is 4.16. The number of hydrogen-bond donors (Lipinski definition) is 1. The predicted octanol–water partition coefficient (Wildman–Crippen LogP) is 4.37. The molecule has 0 spiro atoms. The summed E-state index contributed by atoms with van der Waals surface area (Å²) in [5, 5.41) is 1.86. The van der Waals surface area contributed by atoms with Gasteiger partial charge in [0.25, 0.3) is 5.91 Å².